The number of ether oxygens (including phenoxy) is 2. The predicted octanol–water partition coefficient (Wildman–Crippen LogP) is 2.83. The van der Waals surface area contributed by atoms with Crippen molar-refractivity contribution in [3.63, 3.8) is 0 Å². The van der Waals surface area contributed by atoms with Crippen LogP contribution in [0.5, 0.6) is 5.75 Å². The number of nitrogens with two attached hydrogens (primary N) is 1. The fourth-order valence-electron chi connectivity index (χ4n) is 1.99. The van der Waals surface area contributed by atoms with Crippen LogP contribution in [-0.4, -0.2) is 26.1 Å². The number of ketones is 1. The number of nitrogen functional groups attached to an aromatic ring is 1. The maximum atomic E-state index is 12.6. The van der Waals surface area contributed by atoms with Gasteiger partial charge in [0, 0.05) is 18.4 Å². The lowest BCUT2D eigenvalue weighted by Crippen LogP contribution is -2.09. The topological polar surface area (TPSA) is 61.5 Å². The molecule has 0 fully saturated rings. The van der Waals surface area contributed by atoms with E-state index >= 15 is 0 Å². The Bertz CT molecular complexity index is 638. The van der Waals surface area contributed by atoms with Gasteiger partial charge in [-0.2, -0.15) is 0 Å². The molecular weight excluding hydrogens is 266 g/mol. The van der Waals surface area contributed by atoms with E-state index in [1.165, 1.54) is 0 Å². The molecule has 0 unspecified atom stereocenters. The van der Waals surface area contributed by atoms with E-state index in [4.69, 9.17) is 15.2 Å². The molecule has 21 heavy (non-hydrogen) atoms. The molecule has 0 radical (unpaired) electrons. The molecule has 0 amide bonds. The number of methoxy groups -OCH3 is 1. The van der Waals surface area contributed by atoms with Gasteiger partial charge in [-0.15, -0.1) is 0 Å². The molecule has 0 aliphatic heterocycles. The van der Waals surface area contributed by atoms with Gasteiger partial charge in [0.15, 0.2) is 5.78 Å². The molecule has 0 saturated heterocycles. The van der Waals surface area contributed by atoms with Crippen molar-refractivity contribution in [3.05, 3.63) is 59.2 Å². The predicted molar refractivity (Wildman–Crippen MR) is 82.8 cm³/mol. The van der Waals surface area contributed by atoms with Gasteiger partial charge in [-0.3, -0.25) is 4.79 Å². The molecule has 0 bridgehead atoms. The van der Waals surface area contributed by atoms with Crippen molar-refractivity contribution >= 4 is 11.5 Å². The Balaban J connectivity index is 2.27. The first kappa shape index (κ1) is 15.1. The van der Waals surface area contributed by atoms with E-state index in [1.54, 1.807) is 37.4 Å². The van der Waals surface area contributed by atoms with Crippen LogP contribution in [0.4, 0.5) is 5.69 Å². The third-order valence-corrected chi connectivity index (χ3v) is 3.21. The molecule has 4 heteroatoms. The highest BCUT2D eigenvalue weighted by atomic mass is 16.5. The number of aryl methyl sites for hydroxylation is 1. The first-order chi connectivity index (χ1) is 10.1. The monoisotopic (exact) mass is 285 g/mol. The fraction of sp³-hybridized carbons (Fsp3) is 0.235. The van der Waals surface area contributed by atoms with E-state index in [-0.39, 0.29) is 5.78 Å². The van der Waals surface area contributed by atoms with E-state index in [2.05, 4.69) is 0 Å². The Hall–Kier alpha value is -2.33. The smallest absolute Gasteiger partial charge is 0.196 e. The number of rotatable bonds is 6. The number of hydrogen-bond donors (Lipinski definition) is 1. The standard InChI is InChI=1S/C17H19NO3/c1-12-11-13(7-8-15(12)18)17(19)14-5-3-4-6-16(14)21-10-9-20-2/h3-8,11H,9-10,18H2,1-2H3. The summed E-state index contributed by atoms with van der Waals surface area (Å²) in [5, 5.41) is 0. The minimum absolute atomic E-state index is 0.0777. The van der Waals surface area contributed by atoms with Crippen LogP contribution in [0.25, 0.3) is 0 Å². The van der Waals surface area contributed by atoms with Crippen molar-refractivity contribution in [2.45, 2.75) is 6.92 Å². The number of para-hydroxylation sites is 1. The van der Waals surface area contributed by atoms with Crippen LogP contribution in [0.15, 0.2) is 42.5 Å². The summed E-state index contributed by atoms with van der Waals surface area (Å²) in [7, 11) is 1.61. The number of hydrogen-bond acceptors (Lipinski definition) is 4. The molecule has 2 aromatic rings. The van der Waals surface area contributed by atoms with Crippen molar-refractivity contribution in [2.75, 3.05) is 26.1 Å². The van der Waals surface area contributed by atoms with Gasteiger partial charge in [0.1, 0.15) is 12.4 Å². The number of anilines is 1. The second-order valence-corrected chi connectivity index (χ2v) is 4.74. The van der Waals surface area contributed by atoms with E-state index < -0.39 is 0 Å². The van der Waals surface area contributed by atoms with Gasteiger partial charge in [-0.1, -0.05) is 12.1 Å². The summed E-state index contributed by atoms with van der Waals surface area (Å²) >= 11 is 0. The molecule has 0 saturated carbocycles. The average molecular weight is 285 g/mol. The summed E-state index contributed by atoms with van der Waals surface area (Å²) in [6.45, 7) is 2.76. The van der Waals surface area contributed by atoms with Gasteiger partial charge >= 0.3 is 0 Å². The highest BCUT2D eigenvalue weighted by Gasteiger charge is 2.14. The van der Waals surface area contributed by atoms with Gasteiger partial charge in [-0.05, 0) is 42.8 Å². The molecule has 0 spiro atoms. The van der Waals surface area contributed by atoms with Crippen molar-refractivity contribution in [1.29, 1.82) is 0 Å². The molecule has 110 valence electrons. The van der Waals surface area contributed by atoms with E-state index in [0.717, 1.165) is 5.56 Å². The molecule has 4 nitrogen and oxygen atoms in total. The lowest BCUT2D eigenvalue weighted by Gasteiger charge is -2.11. The number of benzene rings is 2. The van der Waals surface area contributed by atoms with Crippen molar-refractivity contribution in [1.82, 2.24) is 0 Å². The van der Waals surface area contributed by atoms with Crippen molar-refractivity contribution in [2.24, 2.45) is 0 Å². The van der Waals surface area contributed by atoms with Gasteiger partial charge < -0.3 is 15.2 Å². The van der Waals surface area contributed by atoms with Crippen LogP contribution in [0, 0.1) is 6.92 Å². The largest absolute Gasteiger partial charge is 0.490 e. The minimum atomic E-state index is -0.0777. The van der Waals surface area contributed by atoms with Crippen LogP contribution in [0.3, 0.4) is 0 Å². The summed E-state index contributed by atoms with van der Waals surface area (Å²) in [5.41, 5.74) is 8.49. The van der Waals surface area contributed by atoms with Crippen molar-refractivity contribution < 1.29 is 14.3 Å². The van der Waals surface area contributed by atoms with Crippen LogP contribution in [-0.2, 0) is 4.74 Å². The summed E-state index contributed by atoms with van der Waals surface area (Å²) < 4.78 is 10.6. The van der Waals surface area contributed by atoms with Crippen LogP contribution in [0.1, 0.15) is 21.5 Å². The normalized spacial score (nSPS) is 10.4. The lowest BCUT2D eigenvalue weighted by molar-refractivity contribution is 0.103. The Labute approximate surface area is 124 Å². The third kappa shape index (κ3) is 3.61. The summed E-state index contributed by atoms with van der Waals surface area (Å²) in [6.07, 6.45) is 0. The Morgan fingerprint density at radius 2 is 1.90 bits per heavy atom. The quantitative estimate of drug-likeness (QED) is 0.503. The maximum absolute atomic E-state index is 12.6. The second kappa shape index (κ2) is 6.90. The maximum Gasteiger partial charge on any atom is 0.196 e. The Kier molecular flexibility index (Phi) is 4.95. The van der Waals surface area contributed by atoms with Gasteiger partial charge in [-0.25, -0.2) is 0 Å². The molecular formula is C17H19NO3. The average Bonchev–Trinajstić information content (AvgIpc) is 2.50. The zero-order valence-corrected chi connectivity index (χ0v) is 12.3. The molecule has 0 aliphatic carbocycles. The molecule has 0 aliphatic rings. The zero-order chi connectivity index (χ0) is 15.2. The van der Waals surface area contributed by atoms with E-state index in [1.807, 2.05) is 19.1 Å². The van der Waals surface area contributed by atoms with Crippen LogP contribution < -0.4 is 10.5 Å². The number of carbonyl (C=O) groups excluding carboxylic acids is 1. The zero-order valence-electron chi connectivity index (χ0n) is 12.3. The second-order valence-electron chi connectivity index (χ2n) is 4.74. The highest BCUT2D eigenvalue weighted by molar-refractivity contribution is 6.11. The lowest BCUT2D eigenvalue weighted by atomic mass is 10.00. The molecule has 0 atom stereocenters. The molecule has 0 aromatic heterocycles. The molecule has 0 heterocycles. The minimum Gasteiger partial charge on any atom is -0.490 e. The number of carbonyl (C=O) groups is 1. The van der Waals surface area contributed by atoms with Gasteiger partial charge in [0.2, 0.25) is 0 Å². The summed E-state index contributed by atoms with van der Waals surface area (Å²) in [4.78, 5) is 12.6. The van der Waals surface area contributed by atoms with Gasteiger partial charge in [0.05, 0.1) is 12.2 Å². The highest BCUT2D eigenvalue weighted by Crippen LogP contribution is 2.23. The van der Waals surface area contributed by atoms with Crippen molar-refractivity contribution in [3.8, 4) is 5.75 Å². The first-order valence-corrected chi connectivity index (χ1v) is 6.75. The summed E-state index contributed by atoms with van der Waals surface area (Å²) in [5.74, 6) is 0.486. The fourth-order valence-corrected chi connectivity index (χ4v) is 1.99. The van der Waals surface area contributed by atoms with E-state index in [0.29, 0.717) is 35.8 Å². The molecule has 2 aromatic carbocycles. The Morgan fingerprint density at radius 1 is 1.14 bits per heavy atom. The van der Waals surface area contributed by atoms with Crippen LogP contribution in [0.2, 0.25) is 0 Å². The molecule has 2 N–H and O–H groups in total. The SMILES string of the molecule is COCCOc1ccccc1C(=O)c1ccc(N)c(C)c1. The third-order valence-electron chi connectivity index (χ3n) is 3.21. The van der Waals surface area contributed by atoms with Crippen LogP contribution >= 0.6 is 0 Å². The van der Waals surface area contributed by atoms with E-state index in [9.17, 15) is 4.79 Å². The van der Waals surface area contributed by atoms with Gasteiger partial charge in [0.25, 0.3) is 0 Å². The summed E-state index contributed by atoms with van der Waals surface area (Å²) in [6, 6.07) is 12.5. The first-order valence-electron chi connectivity index (χ1n) is 6.75. The Morgan fingerprint density at radius 3 is 2.62 bits per heavy atom. The molecule has 2 rings (SSSR count).